The van der Waals surface area contributed by atoms with Crippen LogP contribution in [-0.2, 0) is 11.3 Å². The minimum absolute atomic E-state index is 0.138. The second-order valence-electron chi connectivity index (χ2n) is 5.44. The molecule has 0 atom stereocenters. The molecule has 4 nitrogen and oxygen atoms in total. The Labute approximate surface area is 129 Å². The average Bonchev–Trinajstić information content (AvgIpc) is 2.94. The first-order valence-electron chi connectivity index (χ1n) is 7.45. The Morgan fingerprint density at radius 1 is 1.09 bits per heavy atom. The molecule has 1 aliphatic heterocycles. The summed E-state index contributed by atoms with van der Waals surface area (Å²) in [5.41, 5.74) is 2.36. The Balaban J connectivity index is 1.70. The quantitative estimate of drug-likeness (QED) is 0.942. The van der Waals surface area contributed by atoms with E-state index < -0.39 is 0 Å². The van der Waals surface area contributed by atoms with Gasteiger partial charge in [-0.05, 0) is 36.2 Å². The number of anilines is 1. The van der Waals surface area contributed by atoms with Crippen molar-refractivity contribution in [3.63, 3.8) is 0 Å². The van der Waals surface area contributed by atoms with Gasteiger partial charge in [0.15, 0.2) is 0 Å². The van der Waals surface area contributed by atoms with Gasteiger partial charge in [-0.25, -0.2) is 0 Å². The van der Waals surface area contributed by atoms with Gasteiger partial charge in [0.1, 0.15) is 0 Å². The van der Waals surface area contributed by atoms with Crippen LogP contribution in [0.1, 0.15) is 28.8 Å². The number of likely N-dealkylation sites (tertiary alicyclic amines) is 1. The second kappa shape index (κ2) is 6.43. The number of carbonyl (C=O) groups is 2. The van der Waals surface area contributed by atoms with Crippen LogP contribution in [-0.4, -0.2) is 23.3 Å². The maximum Gasteiger partial charge on any atom is 0.255 e. The van der Waals surface area contributed by atoms with Crippen LogP contribution >= 0.6 is 0 Å². The molecule has 1 fully saturated rings. The van der Waals surface area contributed by atoms with E-state index in [-0.39, 0.29) is 11.8 Å². The minimum Gasteiger partial charge on any atom is -0.338 e. The molecule has 22 heavy (non-hydrogen) atoms. The molecule has 0 aromatic heterocycles. The third kappa shape index (κ3) is 3.34. The summed E-state index contributed by atoms with van der Waals surface area (Å²) in [7, 11) is 0. The van der Waals surface area contributed by atoms with E-state index in [0.29, 0.717) is 18.5 Å². The van der Waals surface area contributed by atoms with E-state index in [2.05, 4.69) is 5.32 Å². The lowest BCUT2D eigenvalue weighted by Crippen LogP contribution is -2.24. The van der Waals surface area contributed by atoms with E-state index in [1.54, 1.807) is 6.07 Å². The van der Waals surface area contributed by atoms with Crippen LogP contribution in [0.4, 0.5) is 5.69 Å². The van der Waals surface area contributed by atoms with Crippen molar-refractivity contribution in [1.82, 2.24) is 4.90 Å². The van der Waals surface area contributed by atoms with Gasteiger partial charge in [0.05, 0.1) is 0 Å². The molecule has 0 spiro atoms. The number of hydrogen-bond donors (Lipinski definition) is 1. The zero-order valence-electron chi connectivity index (χ0n) is 12.3. The molecule has 0 unspecified atom stereocenters. The minimum atomic E-state index is -0.138. The highest BCUT2D eigenvalue weighted by Gasteiger charge is 2.20. The topological polar surface area (TPSA) is 49.4 Å². The van der Waals surface area contributed by atoms with Crippen molar-refractivity contribution in [3.8, 4) is 0 Å². The molecule has 2 aromatic carbocycles. The van der Waals surface area contributed by atoms with Gasteiger partial charge in [-0.3, -0.25) is 9.59 Å². The van der Waals surface area contributed by atoms with E-state index in [0.717, 1.165) is 24.2 Å². The maximum absolute atomic E-state index is 12.3. The summed E-state index contributed by atoms with van der Waals surface area (Å²) in [6, 6.07) is 16.8. The zero-order valence-corrected chi connectivity index (χ0v) is 12.3. The van der Waals surface area contributed by atoms with Gasteiger partial charge < -0.3 is 10.2 Å². The van der Waals surface area contributed by atoms with E-state index in [4.69, 9.17) is 0 Å². The van der Waals surface area contributed by atoms with Gasteiger partial charge >= 0.3 is 0 Å². The fraction of sp³-hybridized carbons (Fsp3) is 0.222. The first-order valence-corrected chi connectivity index (χ1v) is 7.45. The highest BCUT2D eigenvalue weighted by molar-refractivity contribution is 6.04. The highest BCUT2D eigenvalue weighted by Crippen LogP contribution is 2.16. The Kier molecular flexibility index (Phi) is 4.19. The molecule has 1 heterocycles. The fourth-order valence-electron chi connectivity index (χ4n) is 2.63. The highest BCUT2D eigenvalue weighted by atomic mass is 16.2. The van der Waals surface area contributed by atoms with E-state index in [1.165, 1.54) is 0 Å². The van der Waals surface area contributed by atoms with Crippen LogP contribution in [0, 0.1) is 0 Å². The van der Waals surface area contributed by atoms with Gasteiger partial charge in [-0.2, -0.15) is 0 Å². The number of hydrogen-bond acceptors (Lipinski definition) is 2. The lowest BCUT2D eigenvalue weighted by molar-refractivity contribution is -0.128. The standard InChI is InChI=1S/C18H18N2O2/c21-17-10-5-11-20(17)13-14-6-4-7-15(12-14)18(22)19-16-8-2-1-3-9-16/h1-4,6-9,12H,5,10-11,13H2,(H,19,22). The van der Waals surface area contributed by atoms with E-state index in [1.807, 2.05) is 53.4 Å². The molecule has 0 radical (unpaired) electrons. The predicted molar refractivity (Wildman–Crippen MR) is 85.5 cm³/mol. The number of amides is 2. The van der Waals surface area contributed by atoms with Gasteiger partial charge in [-0.1, -0.05) is 30.3 Å². The number of nitrogens with zero attached hydrogens (tertiary/aromatic N) is 1. The Morgan fingerprint density at radius 3 is 2.64 bits per heavy atom. The maximum atomic E-state index is 12.3. The summed E-state index contributed by atoms with van der Waals surface area (Å²) in [6.07, 6.45) is 1.56. The van der Waals surface area contributed by atoms with Gasteiger partial charge in [0.2, 0.25) is 5.91 Å². The summed E-state index contributed by atoms with van der Waals surface area (Å²) >= 11 is 0. The lowest BCUT2D eigenvalue weighted by atomic mass is 10.1. The molecule has 0 bridgehead atoms. The van der Waals surface area contributed by atoms with Crippen LogP contribution in [0.5, 0.6) is 0 Å². The molecule has 4 heteroatoms. The molecule has 112 valence electrons. The number of para-hydroxylation sites is 1. The summed E-state index contributed by atoms with van der Waals surface area (Å²) in [5, 5.41) is 2.87. The van der Waals surface area contributed by atoms with E-state index >= 15 is 0 Å². The van der Waals surface area contributed by atoms with E-state index in [9.17, 15) is 9.59 Å². The Hall–Kier alpha value is -2.62. The van der Waals surface area contributed by atoms with Crippen LogP contribution < -0.4 is 5.32 Å². The van der Waals surface area contributed by atoms with Crippen LogP contribution in [0.2, 0.25) is 0 Å². The first kappa shape index (κ1) is 14.3. The largest absolute Gasteiger partial charge is 0.338 e. The van der Waals surface area contributed by atoms with Crippen molar-refractivity contribution < 1.29 is 9.59 Å². The van der Waals surface area contributed by atoms with Crippen molar-refractivity contribution in [2.75, 3.05) is 11.9 Å². The molecule has 2 aromatic rings. The third-order valence-electron chi connectivity index (χ3n) is 3.77. The third-order valence-corrected chi connectivity index (χ3v) is 3.77. The van der Waals surface area contributed by atoms with Crippen LogP contribution in [0.15, 0.2) is 54.6 Å². The average molecular weight is 294 g/mol. The van der Waals surface area contributed by atoms with Gasteiger partial charge in [-0.15, -0.1) is 0 Å². The molecule has 1 N–H and O–H groups in total. The summed E-state index contributed by atoms with van der Waals surface area (Å²) in [5.74, 6) is 0.0555. The van der Waals surface area contributed by atoms with Crippen LogP contribution in [0.25, 0.3) is 0 Å². The SMILES string of the molecule is O=C(Nc1ccccc1)c1cccc(CN2CCCC2=O)c1. The van der Waals surface area contributed by atoms with Crippen molar-refractivity contribution >= 4 is 17.5 Å². The van der Waals surface area contributed by atoms with Gasteiger partial charge in [0.25, 0.3) is 5.91 Å². The molecule has 2 amide bonds. The predicted octanol–water partition coefficient (Wildman–Crippen LogP) is 3.06. The Bertz CT molecular complexity index is 682. The first-order chi connectivity index (χ1) is 10.7. The lowest BCUT2D eigenvalue weighted by Gasteiger charge is -2.16. The summed E-state index contributed by atoms with van der Waals surface area (Å²) in [4.78, 5) is 25.8. The fourth-order valence-corrected chi connectivity index (χ4v) is 2.63. The molecule has 1 aliphatic rings. The molecule has 0 saturated carbocycles. The number of nitrogens with one attached hydrogen (secondary N) is 1. The monoisotopic (exact) mass is 294 g/mol. The zero-order chi connectivity index (χ0) is 15.4. The van der Waals surface area contributed by atoms with Crippen LogP contribution in [0.3, 0.4) is 0 Å². The molecular formula is C18H18N2O2. The van der Waals surface area contributed by atoms with Crippen molar-refractivity contribution in [2.24, 2.45) is 0 Å². The smallest absolute Gasteiger partial charge is 0.255 e. The Morgan fingerprint density at radius 2 is 1.91 bits per heavy atom. The molecule has 1 saturated heterocycles. The molecule has 3 rings (SSSR count). The van der Waals surface area contributed by atoms with Crippen molar-refractivity contribution in [2.45, 2.75) is 19.4 Å². The number of benzene rings is 2. The number of rotatable bonds is 4. The molecule has 0 aliphatic carbocycles. The van der Waals surface area contributed by atoms with Gasteiger partial charge in [0, 0.05) is 30.8 Å². The summed E-state index contributed by atoms with van der Waals surface area (Å²) in [6.45, 7) is 1.38. The van der Waals surface area contributed by atoms with Crippen molar-refractivity contribution in [3.05, 3.63) is 65.7 Å². The normalized spacial score (nSPS) is 14.2. The second-order valence-corrected chi connectivity index (χ2v) is 5.44. The summed E-state index contributed by atoms with van der Waals surface area (Å²) < 4.78 is 0. The molecular weight excluding hydrogens is 276 g/mol. The number of carbonyl (C=O) groups excluding carboxylic acids is 2. The van der Waals surface area contributed by atoms with Crippen molar-refractivity contribution in [1.29, 1.82) is 0 Å².